The van der Waals surface area contributed by atoms with Crippen molar-refractivity contribution in [2.24, 2.45) is 0 Å². The lowest BCUT2D eigenvalue weighted by atomic mass is 9.92. The van der Waals surface area contributed by atoms with Gasteiger partial charge in [0, 0.05) is 5.92 Å². The van der Waals surface area contributed by atoms with Gasteiger partial charge in [-0.25, -0.2) is 0 Å². The summed E-state index contributed by atoms with van der Waals surface area (Å²) in [6.07, 6.45) is -0.347. The molecule has 1 N–H and O–H groups in total. The summed E-state index contributed by atoms with van der Waals surface area (Å²) in [5.41, 5.74) is 6.34. The fraction of sp³-hybridized carbons (Fsp3) is 0.250. The minimum absolute atomic E-state index is 0.127. The number of aliphatic hydroxyl groups is 1. The van der Waals surface area contributed by atoms with Gasteiger partial charge in [0.25, 0.3) is 0 Å². The topological polar surface area (TPSA) is 20.2 Å². The second-order valence-corrected chi connectivity index (χ2v) is 4.90. The molecule has 0 aromatic heterocycles. The van der Waals surface area contributed by atoms with Crippen molar-refractivity contribution >= 4 is 0 Å². The minimum atomic E-state index is -0.347. The third kappa shape index (κ3) is 1.50. The monoisotopic (exact) mass is 224 g/mol. The Balaban J connectivity index is 2.30. The van der Waals surface area contributed by atoms with Gasteiger partial charge in [0.2, 0.25) is 0 Å². The summed E-state index contributed by atoms with van der Waals surface area (Å²) >= 11 is 0. The first-order valence-electron chi connectivity index (χ1n) is 6.06. The van der Waals surface area contributed by atoms with Crippen LogP contribution in [0, 0.1) is 6.92 Å². The lowest BCUT2D eigenvalue weighted by molar-refractivity contribution is 0.178. The second kappa shape index (κ2) is 3.71. The number of fused-ring (bicyclic) bond motifs is 3. The van der Waals surface area contributed by atoms with Gasteiger partial charge in [0.1, 0.15) is 0 Å². The van der Waals surface area contributed by atoms with E-state index >= 15 is 0 Å². The van der Waals surface area contributed by atoms with Crippen LogP contribution in [0.25, 0.3) is 11.1 Å². The van der Waals surface area contributed by atoms with Crippen LogP contribution < -0.4 is 0 Å². The van der Waals surface area contributed by atoms with E-state index in [0.29, 0.717) is 0 Å². The van der Waals surface area contributed by atoms with E-state index in [1.54, 1.807) is 0 Å². The van der Waals surface area contributed by atoms with Crippen molar-refractivity contribution < 1.29 is 5.11 Å². The first-order chi connectivity index (χ1) is 8.18. The van der Waals surface area contributed by atoms with Crippen molar-refractivity contribution in [1.29, 1.82) is 0 Å². The highest BCUT2D eigenvalue weighted by Gasteiger charge is 2.31. The van der Waals surface area contributed by atoms with E-state index in [2.05, 4.69) is 43.3 Å². The molecule has 1 aliphatic carbocycles. The van der Waals surface area contributed by atoms with E-state index in [-0.39, 0.29) is 12.0 Å². The molecule has 3 rings (SSSR count). The molecule has 2 aromatic rings. The van der Waals surface area contributed by atoms with Crippen molar-refractivity contribution in [1.82, 2.24) is 0 Å². The van der Waals surface area contributed by atoms with Crippen LogP contribution >= 0.6 is 0 Å². The lowest BCUT2D eigenvalue weighted by Crippen LogP contribution is -2.13. The SMILES string of the molecule is Cc1ccc2c(c1)-c1ccccc1C2C(C)O. The normalized spacial score (nSPS) is 18.6. The Morgan fingerprint density at radius 1 is 1.00 bits per heavy atom. The summed E-state index contributed by atoms with van der Waals surface area (Å²) in [5.74, 6) is 0.127. The highest BCUT2D eigenvalue weighted by molar-refractivity contribution is 5.79. The molecule has 0 radical (unpaired) electrons. The zero-order valence-corrected chi connectivity index (χ0v) is 10.1. The first kappa shape index (κ1) is 10.5. The zero-order valence-electron chi connectivity index (χ0n) is 10.1. The predicted molar refractivity (Wildman–Crippen MR) is 70.1 cm³/mol. The van der Waals surface area contributed by atoms with Crippen LogP contribution in [-0.4, -0.2) is 11.2 Å². The molecular formula is C16H16O. The quantitative estimate of drug-likeness (QED) is 0.786. The molecule has 0 aliphatic heterocycles. The molecule has 0 spiro atoms. The Hall–Kier alpha value is -1.60. The number of hydrogen-bond acceptors (Lipinski definition) is 1. The van der Waals surface area contributed by atoms with Crippen molar-refractivity contribution in [3.05, 3.63) is 59.2 Å². The molecule has 0 fully saturated rings. The van der Waals surface area contributed by atoms with E-state index in [4.69, 9.17) is 0 Å². The van der Waals surface area contributed by atoms with Crippen LogP contribution in [0.3, 0.4) is 0 Å². The number of benzene rings is 2. The molecule has 17 heavy (non-hydrogen) atoms. The van der Waals surface area contributed by atoms with E-state index in [1.807, 2.05) is 13.0 Å². The van der Waals surface area contributed by atoms with Gasteiger partial charge in [0.05, 0.1) is 6.10 Å². The third-order valence-corrected chi connectivity index (χ3v) is 3.61. The van der Waals surface area contributed by atoms with Gasteiger partial charge >= 0.3 is 0 Å². The van der Waals surface area contributed by atoms with Crippen LogP contribution in [0.5, 0.6) is 0 Å². The van der Waals surface area contributed by atoms with Crippen LogP contribution in [0.4, 0.5) is 0 Å². The molecule has 0 saturated carbocycles. The molecule has 0 amide bonds. The molecule has 1 aliphatic rings. The molecule has 2 atom stereocenters. The Bertz CT molecular complexity index is 569. The maximum absolute atomic E-state index is 10.0. The molecule has 1 nitrogen and oxygen atoms in total. The van der Waals surface area contributed by atoms with Crippen LogP contribution in [0.1, 0.15) is 29.5 Å². The second-order valence-electron chi connectivity index (χ2n) is 4.90. The number of hydrogen-bond donors (Lipinski definition) is 1. The van der Waals surface area contributed by atoms with E-state index < -0.39 is 0 Å². The third-order valence-electron chi connectivity index (χ3n) is 3.61. The lowest BCUT2D eigenvalue weighted by Gasteiger charge is -2.16. The molecule has 2 unspecified atom stereocenters. The average Bonchev–Trinajstić information content (AvgIpc) is 2.63. The smallest absolute Gasteiger partial charge is 0.0621 e. The minimum Gasteiger partial charge on any atom is -0.392 e. The van der Waals surface area contributed by atoms with Gasteiger partial charge in [-0.1, -0.05) is 48.0 Å². The van der Waals surface area contributed by atoms with Crippen molar-refractivity contribution in [3.63, 3.8) is 0 Å². The Morgan fingerprint density at radius 2 is 1.71 bits per heavy atom. The van der Waals surface area contributed by atoms with Crippen LogP contribution in [-0.2, 0) is 0 Å². The molecule has 0 saturated heterocycles. The van der Waals surface area contributed by atoms with Crippen LogP contribution in [0.2, 0.25) is 0 Å². The summed E-state index contributed by atoms with van der Waals surface area (Å²) < 4.78 is 0. The summed E-state index contributed by atoms with van der Waals surface area (Å²) in [4.78, 5) is 0. The molecule has 0 heterocycles. The van der Waals surface area contributed by atoms with E-state index in [0.717, 1.165) is 0 Å². The van der Waals surface area contributed by atoms with Gasteiger partial charge in [0.15, 0.2) is 0 Å². The Labute approximate surface area is 102 Å². The standard InChI is InChI=1S/C16H16O/c1-10-7-8-14-15(9-10)12-5-3-4-6-13(12)16(14)11(2)17/h3-9,11,16-17H,1-2H3. The Kier molecular flexibility index (Phi) is 2.30. The summed E-state index contributed by atoms with van der Waals surface area (Å²) in [6, 6.07) is 14.9. The first-order valence-corrected chi connectivity index (χ1v) is 6.06. The maximum Gasteiger partial charge on any atom is 0.0621 e. The highest BCUT2D eigenvalue weighted by atomic mass is 16.3. The zero-order chi connectivity index (χ0) is 12.0. The predicted octanol–water partition coefficient (Wildman–Crippen LogP) is 3.49. The van der Waals surface area contributed by atoms with Crippen molar-refractivity contribution in [2.75, 3.05) is 0 Å². The maximum atomic E-state index is 10.0. The van der Waals surface area contributed by atoms with Gasteiger partial charge in [-0.3, -0.25) is 0 Å². The summed E-state index contributed by atoms with van der Waals surface area (Å²) in [5, 5.41) is 10.0. The van der Waals surface area contributed by atoms with E-state index in [9.17, 15) is 5.11 Å². The Morgan fingerprint density at radius 3 is 2.47 bits per heavy atom. The van der Waals surface area contributed by atoms with Gasteiger partial charge in [-0.2, -0.15) is 0 Å². The molecule has 86 valence electrons. The van der Waals surface area contributed by atoms with E-state index in [1.165, 1.54) is 27.8 Å². The fourth-order valence-electron chi connectivity index (χ4n) is 2.88. The van der Waals surface area contributed by atoms with Gasteiger partial charge in [-0.15, -0.1) is 0 Å². The number of aryl methyl sites for hydroxylation is 1. The molecule has 1 heteroatoms. The van der Waals surface area contributed by atoms with Crippen molar-refractivity contribution in [3.8, 4) is 11.1 Å². The summed E-state index contributed by atoms with van der Waals surface area (Å²) in [6.45, 7) is 3.98. The van der Waals surface area contributed by atoms with Crippen molar-refractivity contribution in [2.45, 2.75) is 25.9 Å². The molecular weight excluding hydrogens is 208 g/mol. The highest BCUT2D eigenvalue weighted by Crippen LogP contribution is 2.46. The number of aliphatic hydroxyl groups excluding tert-OH is 1. The number of rotatable bonds is 1. The molecule has 2 aromatic carbocycles. The fourth-order valence-corrected chi connectivity index (χ4v) is 2.88. The van der Waals surface area contributed by atoms with Crippen LogP contribution in [0.15, 0.2) is 42.5 Å². The largest absolute Gasteiger partial charge is 0.392 e. The van der Waals surface area contributed by atoms with Gasteiger partial charge < -0.3 is 5.11 Å². The molecule has 0 bridgehead atoms. The summed E-state index contributed by atoms with van der Waals surface area (Å²) in [7, 11) is 0. The average molecular weight is 224 g/mol. The van der Waals surface area contributed by atoms with Gasteiger partial charge in [-0.05, 0) is 36.1 Å².